The van der Waals surface area contributed by atoms with Crippen molar-refractivity contribution in [3.63, 3.8) is 0 Å². The average Bonchev–Trinajstić information content (AvgIpc) is 3.08. The number of ether oxygens (including phenoxy) is 1. The van der Waals surface area contributed by atoms with Crippen LogP contribution in [0.25, 0.3) is 0 Å². The third-order valence-electron chi connectivity index (χ3n) is 4.44. The summed E-state index contributed by atoms with van der Waals surface area (Å²) in [7, 11) is 0. The molecular formula is C20H20ClN3O4. The van der Waals surface area contributed by atoms with E-state index in [1.807, 2.05) is 30.3 Å². The minimum absolute atomic E-state index is 0.0792. The molecule has 1 fully saturated rings. The van der Waals surface area contributed by atoms with Gasteiger partial charge < -0.3 is 15.0 Å². The Balaban J connectivity index is 1.44. The summed E-state index contributed by atoms with van der Waals surface area (Å²) in [6, 6.07) is 13.1. The smallest absolute Gasteiger partial charge is 0.311 e. The van der Waals surface area contributed by atoms with Crippen molar-refractivity contribution in [2.24, 2.45) is 5.92 Å². The average molecular weight is 402 g/mol. The molecule has 1 aliphatic heterocycles. The molecule has 0 aliphatic carbocycles. The first-order valence-corrected chi connectivity index (χ1v) is 9.29. The van der Waals surface area contributed by atoms with Crippen molar-refractivity contribution >= 4 is 35.1 Å². The molecule has 0 saturated carbocycles. The van der Waals surface area contributed by atoms with Gasteiger partial charge in [-0.1, -0.05) is 41.9 Å². The summed E-state index contributed by atoms with van der Waals surface area (Å²) in [6.07, 6.45) is 2.32. The summed E-state index contributed by atoms with van der Waals surface area (Å²) in [5, 5.41) is 2.67. The lowest BCUT2D eigenvalue weighted by atomic mass is 10.1. The Bertz CT molecular complexity index is 860. The molecule has 1 N–H and O–H groups in total. The number of benzene rings is 1. The number of carbonyl (C=O) groups excluding carboxylic acids is 3. The maximum absolute atomic E-state index is 12.2. The van der Waals surface area contributed by atoms with Crippen molar-refractivity contribution in [2.75, 3.05) is 25.0 Å². The van der Waals surface area contributed by atoms with Crippen molar-refractivity contribution in [1.82, 2.24) is 9.88 Å². The number of nitrogens with one attached hydrogen (secondary N) is 1. The van der Waals surface area contributed by atoms with E-state index in [0.29, 0.717) is 18.8 Å². The number of hydrogen-bond acceptors (Lipinski definition) is 5. The van der Waals surface area contributed by atoms with Gasteiger partial charge in [0.05, 0.1) is 11.6 Å². The van der Waals surface area contributed by atoms with Crippen LogP contribution in [0.3, 0.4) is 0 Å². The van der Waals surface area contributed by atoms with Gasteiger partial charge in [-0.05, 0) is 24.1 Å². The molecule has 1 aromatic heterocycles. The molecule has 7 nitrogen and oxygen atoms in total. The first-order valence-electron chi connectivity index (χ1n) is 8.91. The van der Waals surface area contributed by atoms with Crippen LogP contribution < -0.4 is 5.32 Å². The molecule has 0 spiro atoms. The maximum Gasteiger partial charge on any atom is 0.311 e. The topological polar surface area (TPSA) is 88.6 Å². The van der Waals surface area contributed by atoms with E-state index in [-0.39, 0.29) is 17.5 Å². The molecule has 1 atom stereocenters. The number of likely N-dealkylation sites (tertiary alicyclic amines) is 1. The lowest BCUT2D eigenvalue weighted by molar-refractivity contribution is -0.151. The Kier molecular flexibility index (Phi) is 6.60. The predicted octanol–water partition coefficient (Wildman–Crippen LogP) is 2.31. The highest BCUT2D eigenvalue weighted by atomic mass is 35.5. The fourth-order valence-electron chi connectivity index (χ4n) is 2.97. The highest BCUT2D eigenvalue weighted by molar-refractivity contribution is 6.32. The van der Waals surface area contributed by atoms with E-state index in [9.17, 15) is 14.4 Å². The molecule has 1 aromatic carbocycles. The molecular weight excluding hydrogens is 382 g/mol. The SMILES string of the molecule is O=C(COC(=O)[C@@H]1CC(=O)N(CCc2ccccc2)C1)Nc1cccnc1Cl. The Morgan fingerprint density at radius 1 is 1.21 bits per heavy atom. The van der Waals surface area contributed by atoms with Crippen LogP contribution in [0.2, 0.25) is 5.15 Å². The van der Waals surface area contributed by atoms with Gasteiger partial charge in [0.1, 0.15) is 0 Å². The minimum Gasteiger partial charge on any atom is -0.455 e. The lowest BCUT2D eigenvalue weighted by Crippen LogP contribution is -2.29. The second-order valence-electron chi connectivity index (χ2n) is 6.47. The number of hydrogen-bond donors (Lipinski definition) is 1. The number of halogens is 1. The quantitative estimate of drug-likeness (QED) is 0.568. The number of aromatic nitrogens is 1. The number of carbonyl (C=O) groups is 3. The fourth-order valence-corrected chi connectivity index (χ4v) is 3.14. The van der Waals surface area contributed by atoms with Gasteiger partial charge in [0.15, 0.2) is 11.8 Å². The van der Waals surface area contributed by atoms with Crippen LogP contribution in [0.4, 0.5) is 5.69 Å². The third kappa shape index (κ3) is 5.29. The molecule has 8 heteroatoms. The van der Waals surface area contributed by atoms with Crippen LogP contribution in [0.15, 0.2) is 48.7 Å². The first-order chi connectivity index (χ1) is 13.5. The van der Waals surface area contributed by atoms with Gasteiger partial charge in [0.2, 0.25) is 5.91 Å². The van der Waals surface area contributed by atoms with Crippen LogP contribution in [0.1, 0.15) is 12.0 Å². The van der Waals surface area contributed by atoms with E-state index >= 15 is 0 Å². The van der Waals surface area contributed by atoms with Gasteiger partial charge in [-0.15, -0.1) is 0 Å². The molecule has 146 valence electrons. The largest absolute Gasteiger partial charge is 0.455 e. The highest BCUT2D eigenvalue weighted by Crippen LogP contribution is 2.20. The summed E-state index contributed by atoms with van der Waals surface area (Å²) in [6.45, 7) is 0.409. The van der Waals surface area contributed by atoms with Crippen molar-refractivity contribution in [2.45, 2.75) is 12.8 Å². The van der Waals surface area contributed by atoms with Gasteiger partial charge in [0, 0.05) is 25.7 Å². The first kappa shape index (κ1) is 19.8. The standard InChI is InChI=1S/C20H20ClN3O4/c21-19-16(7-4-9-22-19)23-17(25)13-28-20(27)15-11-18(26)24(12-15)10-8-14-5-2-1-3-6-14/h1-7,9,15H,8,10-13H2,(H,23,25)/t15-/m1/s1. The van der Waals surface area contributed by atoms with E-state index in [2.05, 4.69) is 10.3 Å². The number of amides is 2. The molecule has 2 amide bonds. The van der Waals surface area contributed by atoms with Gasteiger partial charge in [-0.3, -0.25) is 14.4 Å². The second kappa shape index (κ2) is 9.32. The van der Waals surface area contributed by atoms with Crippen LogP contribution in [-0.4, -0.2) is 47.4 Å². The molecule has 1 aliphatic rings. The summed E-state index contributed by atoms with van der Waals surface area (Å²) < 4.78 is 5.07. The van der Waals surface area contributed by atoms with Gasteiger partial charge in [-0.2, -0.15) is 0 Å². The molecule has 3 rings (SSSR count). The van der Waals surface area contributed by atoms with E-state index in [1.54, 1.807) is 17.0 Å². The zero-order valence-electron chi connectivity index (χ0n) is 15.1. The summed E-state index contributed by atoms with van der Waals surface area (Å²) in [4.78, 5) is 41.8. The molecule has 2 heterocycles. The Hall–Kier alpha value is -2.93. The summed E-state index contributed by atoms with van der Waals surface area (Å²) in [5.41, 5.74) is 1.47. The minimum atomic E-state index is -0.557. The predicted molar refractivity (Wildman–Crippen MR) is 104 cm³/mol. The molecule has 0 bridgehead atoms. The zero-order valence-corrected chi connectivity index (χ0v) is 15.9. The van der Waals surface area contributed by atoms with E-state index < -0.39 is 24.4 Å². The normalized spacial score (nSPS) is 16.1. The van der Waals surface area contributed by atoms with Crippen LogP contribution in [0, 0.1) is 5.92 Å². The number of pyridine rings is 1. The Morgan fingerprint density at radius 2 is 2.00 bits per heavy atom. The number of nitrogens with zero attached hydrogens (tertiary/aromatic N) is 2. The van der Waals surface area contributed by atoms with Crippen LogP contribution in [0.5, 0.6) is 0 Å². The molecule has 28 heavy (non-hydrogen) atoms. The van der Waals surface area contributed by atoms with E-state index in [4.69, 9.17) is 16.3 Å². The Labute approximate surface area is 167 Å². The Morgan fingerprint density at radius 3 is 2.75 bits per heavy atom. The highest BCUT2D eigenvalue weighted by Gasteiger charge is 2.35. The van der Waals surface area contributed by atoms with E-state index in [1.165, 1.54) is 6.20 Å². The second-order valence-corrected chi connectivity index (χ2v) is 6.83. The van der Waals surface area contributed by atoms with Crippen LogP contribution in [-0.2, 0) is 25.5 Å². The molecule has 1 saturated heterocycles. The van der Waals surface area contributed by atoms with Crippen molar-refractivity contribution < 1.29 is 19.1 Å². The van der Waals surface area contributed by atoms with Crippen LogP contribution >= 0.6 is 11.6 Å². The molecule has 2 aromatic rings. The van der Waals surface area contributed by atoms with Crippen molar-refractivity contribution in [3.8, 4) is 0 Å². The van der Waals surface area contributed by atoms with Crippen molar-refractivity contribution in [1.29, 1.82) is 0 Å². The lowest BCUT2D eigenvalue weighted by Gasteiger charge is -2.16. The van der Waals surface area contributed by atoms with Gasteiger partial charge in [0.25, 0.3) is 5.91 Å². The number of rotatable bonds is 7. The summed E-state index contributed by atoms with van der Waals surface area (Å²) in [5.74, 6) is -1.71. The van der Waals surface area contributed by atoms with Gasteiger partial charge >= 0.3 is 5.97 Å². The van der Waals surface area contributed by atoms with Crippen molar-refractivity contribution in [3.05, 3.63) is 59.4 Å². The van der Waals surface area contributed by atoms with E-state index in [0.717, 1.165) is 12.0 Å². The molecule has 0 unspecified atom stereocenters. The zero-order chi connectivity index (χ0) is 19.9. The number of esters is 1. The maximum atomic E-state index is 12.2. The fraction of sp³-hybridized carbons (Fsp3) is 0.300. The number of anilines is 1. The summed E-state index contributed by atoms with van der Waals surface area (Å²) >= 11 is 5.86. The monoisotopic (exact) mass is 401 g/mol. The van der Waals surface area contributed by atoms with Gasteiger partial charge in [-0.25, -0.2) is 4.98 Å². The molecule has 0 radical (unpaired) electrons. The third-order valence-corrected chi connectivity index (χ3v) is 4.74.